The zero-order valence-corrected chi connectivity index (χ0v) is 17.8. The second-order valence-electron chi connectivity index (χ2n) is 6.83. The molecule has 1 aromatic heterocycles. The van der Waals surface area contributed by atoms with Crippen molar-refractivity contribution in [1.29, 1.82) is 5.41 Å². The first-order chi connectivity index (χ1) is 13.6. The normalized spacial score (nSPS) is 11.6. The fourth-order valence-corrected chi connectivity index (χ4v) is 3.20. The third-order valence-electron chi connectivity index (χ3n) is 3.74. The Hall–Kier alpha value is -2.76. The molecule has 0 unspecified atom stereocenters. The van der Waals surface area contributed by atoms with Crippen molar-refractivity contribution in [3.8, 4) is 0 Å². The molecule has 1 atom stereocenters. The van der Waals surface area contributed by atoms with Gasteiger partial charge in [0.05, 0.1) is 10.7 Å². The van der Waals surface area contributed by atoms with Crippen LogP contribution < -0.4 is 21.4 Å². The van der Waals surface area contributed by atoms with E-state index in [2.05, 4.69) is 20.9 Å². The predicted molar refractivity (Wildman–Crippen MR) is 110 cm³/mol. The smallest absolute Gasteiger partial charge is 0.263 e. The predicted octanol–water partition coefficient (Wildman–Crippen LogP) is 1.27. The van der Waals surface area contributed by atoms with Crippen LogP contribution in [0.1, 0.15) is 53.5 Å². The molecule has 0 saturated carbocycles. The molecule has 0 spiro atoms. The van der Waals surface area contributed by atoms with Gasteiger partial charge >= 0.3 is 0 Å². The number of carbonyl (C=O) groups excluding carboxylic acids is 2. The van der Waals surface area contributed by atoms with Gasteiger partial charge in [0.25, 0.3) is 11.9 Å². The van der Waals surface area contributed by atoms with Crippen LogP contribution >= 0.6 is 11.3 Å². The number of amides is 2. The summed E-state index contributed by atoms with van der Waals surface area (Å²) in [6, 6.07) is -0.785. The molecule has 12 heteroatoms. The van der Waals surface area contributed by atoms with Crippen LogP contribution in [0.3, 0.4) is 0 Å². The molecule has 0 saturated heterocycles. The highest BCUT2D eigenvalue weighted by Gasteiger charge is 2.23. The second-order valence-corrected chi connectivity index (χ2v) is 8.03. The van der Waals surface area contributed by atoms with Crippen LogP contribution in [-0.4, -0.2) is 40.4 Å². The summed E-state index contributed by atoms with van der Waals surface area (Å²) in [6.07, 6.45) is 1.40. The molecule has 0 bridgehead atoms. The molecular weight excluding hydrogens is 398 g/mol. The molecule has 1 heterocycles. The number of nitro groups is 1. The minimum atomic E-state index is -0.838. The Bertz CT molecular complexity index is 735. The number of hydrogen-bond donors (Lipinski definition) is 5. The molecule has 0 aliphatic heterocycles. The largest absolute Gasteiger partial charge is 0.352 e. The van der Waals surface area contributed by atoms with E-state index < -0.39 is 17.0 Å². The summed E-state index contributed by atoms with van der Waals surface area (Å²) in [6.45, 7) is 9.49. The number of guanidine groups is 1. The van der Waals surface area contributed by atoms with E-state index in [-0.39, 0.29) is 18.4 Å². The summed E-state index contributed by atoms with van der Waals surface area (Å²) in [5, 5.41) is 25.5. The standard InChI is InChI=1S/C17H28N7O4S/c1-10(2)7-9-19-15(25)13(6-5-8-20-17(18)23-24(27)28)22-16(26)14-11(3)21-12(4)29-14/h9-10,13H,5-8H2,1-4H3,(H,19,25)(H,22,26)(H3,18,20,23)/t13-/m0/s1. The minimum Gasteiger partial charge on any atom is -0.352 e. The number of aromatic nitrogens is 1. The van der Waals surface area contributed by atoms with Gasteiger partial charge in [-0.15, -0.1) is 11.3 Å². The van der Waals surface area contributed by atoms with E-state index in [9.17, 15) is 19.7 Å². The molecule has 161 valence electrons. The Morgan fingerprint density at radius 1 is 1.34 bits per heavy atom. The molecule has 1 radical (unpaired) electrons. The van der Waals surface area contributed by atoms with Crippen LogP contribution in [-0.2, 0) is 4.79 Å². The molecule has 0 aromatic carbocycles. The highest BCUT2D eigenvalue weighted by Crippen LogP contribution is 2.17. The molecule has 0 aliphatic rings. The van der Waals surface area contributed by atoms with Crippen molar-refractivity contribution >= 4 is 29.1 Å². The Labute approximate surface area is 173 Å². The van der Waals surface area contributed by atoms with Crippen molar-refractivity contribution in [2.45, 2.75) is 53.0 Å². The van der Waals surface area contributed by atoms with Crippen molar-refractivity contribution < 1.29 is 14.6 Å². The molecular formula is C17H28N7O4S. The van der Waals surface area contributed by atoms with Crippen LogP contribution in [0.2, 0.25) is 0 Å². The lowest BCUT2D eigenvalue weighted by molar-refractivity contribution is -0.525. The van der Waals surface area contributed by atoms with Gasteiger partial charge in [-0.05, 0) is 39.0 Å². The van der Waals surface area contributed by atoms with Gasteiger partial charge in [-0.2, -0.15) is 0 Å². The van der Waals surface area contributed by atoms with E-state index in [1.54, 1.807) is 25.8 Å². The molecule has 2 amide bonds. The molecule has 5 N–H and O–H groups in total. The Kier molecular flexibility index (Phi) is 10.00. The van der Waals surface area contributed by atoms with Crippen LogP contribution in [0, 0.1) is 41.8 Å². The number of nitrogens with one attached hydrogen (secondary N) is 5. The summed E-state index contributed by atoms with van der Waals surface area (Å²) in [7, 11) is 0. The molecule has 11 nitrogen and oxygen atoms in total. The third-order valence-corrected chi connectivity index (χ3v) is 4.81. The Morgan fingerprint density at radius 2 is 2.03 bits per heavy atom. The lowest BCUT2D eigenvalue weighted by Crippen LogP contribution is -2.46. The van der Waals surface area contributed by atoms with Crippen LogP contribution in [0.5, 0.6) is 0 Å². The van der Waals surface area contributed by atoms with Gasteiger partial charge in [-0.3, -0.25) is 15.0 Å². The topological polar surface area (TPSA) is 162 Å². The van der Waals surface area contributed by atoms with Crippen molar-refractivity contribution in [2.24, 2.45) is 5.92 Å². The van der Waals surface area contributed by atoms with Gasteiger partial charge in [-0.1, -0.05) is 19.3 Å². The van der Waals surface area contributed by atoms with Gasteiger partial charge in [0.1, 0.15) is 10.9 Å². The number of nitrogens with zero attached hydrogens (tertiary/aromatic N) is 2. The van der Waals surface area contributed by atoms with Gasteiger partial charge in [0, 0.05) is 13.1 Å². The molecule has 1 aromatic rings. The van der Waals surface area contributed by atoms with E-state index in [1.807, 2.05) is 13.8 Å². The van der Waals surface area contributed by atoms with E-state index in [4.69, 9.17) is 5.41 Å². The zero-order chi connectivity index (χ0) is 22.0. The Balaban J connectivity index is 2.66. The number of hydrogen-bond acceptors (Lipinski definition) is 7. The summed E-state index contributed by atoms with van der Waals surface area (Å²) in [4.78, 5) is 40.1. The van der Waals surface area contributed by atoms with Crippen molar-refractivity contribution in [3.63, 3.8) is 0 Å². The van der Waals surface area contributed by atoms with E-state index in [0.29, 0.717) is 35.8 Å². The van der Waals surface area contributed by atoms with Crippen LogP contribution in [0.15, 0.2) is 0 Å². The van der Waals surface area contributed by atoms with Gasteiger partial charge in [0.2, 0.25) is 5.91 Å². The van der Waals surface area contributed by atoms with Crippen molar-refractivity contribution in [2.75, 3.05) is 6.54 Å². The molecule has 0 fully saturated rings. The summed E-state index contributed by atoms with van der Waals surface area (Å²) >= 11 is 1.26. The third kappa shape index (κ3) is 9.32. The average molecular weight is 427 g/mol. The average Bonchev–Trinajstić information content (AvgIpc) is 2.94. The lowest BCUT2D eigenvalue weighted by atomic mass is 10.1. The van der Waals surface area contributed by atoms with E-state index >= 15 is 0 Å². The highest BCUT2D eigenvalue weighted by atomic mass is 32.1. The Morgan fingerprint density at radius 3 is 2.59 bits per heavy atom. The molecule has 29 heavy (non-hydrogen) atoms. The summed E-state index contributed by atoms with van der Waals surface area (Å²) < 4.78 is 0. The number of carbonyl (C=O) groups is 2. The monoisotopic (exact) mass is 426 g/mol. The number of rotatable bonds is 11. The van der Waals surface area contributed by atoms with E-state index in [1.165, 1.54) is 11.3 Å². The van der Waals surface area contributed by atoms with Crippen molar-refractivity contribution in [3.05, 3.63) is 32.2 Å². The maximum absolute atomic E-state index is 12.6. The highest BCUT2D eigenvalue weighted by molar-refractivity contribution is 7.13. The lowest BCUT2D eigenvalue weighted by Gasteiger charge is -2.18. The van der Waals surface area contributed by atoms with Crippen LogP contribution in [0.4, 0.5) is 0 Å². The maximum Gasteiger partial charge on any atom is 0.263 e. The first-order valence-electron chi connectivity index (χ1n) is 9.20. The molecule has 1 rings (SSSR count). The first-order valence-corrected chi connectivity index (χ1v) is 10.0. The van der Waals surface area contributed by atoms with Gasteiger partial charge in [-0.25, -0.2) is 15.1 Å². The minimum absolute atomic E-state index is 0.230. The summed E-state index contributed by atoms with van der Waals surface area (Å²) in [5.41, 5.74) is 2.30. The first kappa shape index (κ1) is 24.3. The maximum atomic E-state index is 12.6. The zero-order valence-electron chi connectivity index (χ0n) is 17.0. The summed E-state index contributed by atoms with van der Waals surface area (Å²) in [5.74, 6) is -0.763. The van der Waals surface area contributed by atoms with E-state index in [0.717, 1.165) is 5.01 Å². The quantitative estimate of drug-likeness (QED) is 0.117. The van der Waals surface area contributed by atoms with Crippen molar-refractivity contribution in [1.82, 2.24) is 26.4 Å². The number of hydrazine groups is 1. The fraction of sp³-hybridized carbons (Fsp3) is 0.588. The van der Waals surface area contributed by atoms with Gasteiger partial charge < -0.3 is 16.0 Å². The fourth-order valence-electron chi connectivity index (χ4n) is 2.38. The number of thiazole rings is 1. The van der Waals surface area contributed by atoms with Crippen LogP contribution in [0.25, 0.3) is 0 Å². The molecule has 0 aliphatic carbocycles. The van der Waals surface area contributed by atoms with Gasteiger partial charge in [0.15, 0.2) is 5.03 Å². The number of aryl methyl sites for hydroxylation is 2. The second kappa shape index (κ2) is 11.9. The SMILES string of the molecule is Cc1nc(C)c(C(=O)N[C@@H](CCCNC(=N)N[N+](=O)[O-])C(=O)N[CH]CC(C)C)s1.